The Kier molecular flexibility index (Phi) is 5.41. The number of alkyl halides is 1. The van der Waals surface area contributed by atoms with Crippen LogP contribution < -0.4 is 5.32 Å². The second kappa shape index (κ2) is 6.35. The van der Waals surface area contributed by atoms with E-state index in [9.17, 15) is 9.18 Å². The van der Waals surface area contributed by atoms with Crippen LogP contribution >= 0.6 is 31.9 Å². The van der Waals surface area contributed by atoms with Gasteiger partial charge in [0.1, 0.15) is 5.82 Å². The highest BCUT2D eigenvalue weighted by molar-refractivity contribution is 9.10. The lowest BCUT2D eigenvalue weighted by Gasteiger charge is -2.07. The van der Waals surface area contributed by atoms with Gasteiger partial charge in [-0.1, -0.05) is 28.9 Å². The molecule has 5 heteroatoms. The van der Waals surface area contributed by atoms with E-state index in [1.54, 1.807) is 12.1 Å². The van der Waals surface area contributed by atoms with Gasteiger partial charge in [0.15, 0.2) is 0 Å². The number of benzene rings is 1. The molecule has 1 amide bonds. The fourth-order valence-corrected chi connectivity index (χ4v) is 1.75. The standard InChI is InChI=1S/C11H12Br2FNO/c1-7(12)5-6-15-11(16)8-3-2-4-9(13)10(8)14/h2-4,7H,5-6H2,1H3,(H,15,16). The van der Waals surface area contributed by atoms with Crippen molar-refractivity contribution in [2.45, 2.75) is 18.2 Å². The molecule has 0 aliphatic carbocycles. The molecular weight excluding hydrogens is 341 g/mol. The highest BCUT2D eigenvalue weighted by atomic mass is 79.9. The predicted octanol–water partition coefficient (Wildman–Crippen LogP) is 3.49. The molecule has 0 heterocycles. The molecule has 0 bridgehead atoms. The minimum Gasteiger partial charge on any atom is -0.352 e. The monoisotopic (exact) mass is 351 g/mol. The Morgan fingerprint density at radius 2 is 2.25 bits per heavy atom. The van der Waals surface area contributed by atoms with Crippen LogP contribution in [0.15, 0.2) is 22.7 Å². The van der Waals surface area contributed by atoms with Gasteiger partial charge in [-0.15, -0.1) is 0 Å². The molecule has 1 unspecified atom stereocenters. The lowest BCUT2D eigenvalue weighted by Crippen LogP contribution is -2.26. The zero-order valence-electron chi connectivity index (χ0n) is 8.77. The molecule has 1 aromatic carbocycles. The first kappa shape index (κ1) is 13.6. The topological polar surface area (TPSA) is 29.1 Å². The SMILES string of the molecule is CC(Br)CCNC(=O)c1cccc(Br)c1F. The van der Waals surface area contributed by atoms with E-state index in [2.05, 4.69) is 37.2 Å². The van der Waals surface area contributed by atoms with Gasteiger partial charge in [-0.25, -0.2) is 4.39 Å². The van der Waals surface area contributed by atoms with Gasteiger partial charge in [-0.2, -0.15) is 0 Å². The lowest BCUT2D eigenvalue weighted by molar-refractivity contribution is 0.0949. The average Bonchev–Trinajstić information content (AvgIpc) is 2.21. The van der Waals surface area contributed by atoms with Crippen molar-refractivity contribution < 1.29 is 9.18 Å². The number of carbonyl (C=O) groups is 1. The summed E-state index contributed by atoms with van der Waals surface area (Å²) in [7, 11) is 0. The smallest absolute Gasteiger partial charge is 0.254 e. The molecule has 0 aromatic heterocycles. The van der Waals surface area contributed by atoms with Crippen LogP contribution in [0.4, 0.5) is 4.39 Å². The van der Waals surface area contributed by atoms with Gasteiger partial charge < -0.3 is 5.32 Å². The van der Waals surface area contributed by atoms with Gasteiger partial charge in [-0.05, 0) is 34.5 Å². The maximum atomic E-state index is 13.5. The minimum absolute atomic E-state index is 0.0663. The van der Waals surface area contributed by atoms with Gasteiger partial charge in [0.05, 0.1) is 10.0 Å². The molecule has 0 aliphatic rings. The molecule has 1 N–H and O–H groups in total. The number of carbonyl (C=O) groups excluding carboxylic acids is 1. The maximum absolute atomic E-state index is 13.5. The Hall–Kier alpha value is -0.420. The van der Waals surface area contributed by atoms with Crippen LogP contribution in [0.5, 0.6) is 0 Å². The Morgan fingerprint density at radius 1 is 1.56 bits per heavy atom. The molecular formula is C11H12Br2FNO. The molecule has 1 rings (SSSR count). The van der Waals surface area contributed by atoms with Crippen molar-refractivity contribution in [1.82, 2.24) is 5.32 Å². The Balaban J connectivity index is 2.63. The van der Waals surface area contributed by atoms with Gasteiger partial charge in [0.2, 0.25) is 0 Å². The van der Waals surface area contributed by atoms with Crippen molar-refractivity contribution in [2.75, 3.05) is 6.54 Å². The highest BCUT2D eigenvalue weighted by Crippen LogP contribution is 2.18. The number of amides is 1. The Morgan fingerprint density at radius 3 is 2.88 bits per heavy atom. The third-order valence-electron chi connectivity index (χ3n) is 2.02. The van der Waals surface area contributed by atoms with Gasteiger partial charge in [0, 0.05) is 11.4 Å². The van der Waals surface area contributed by atoms with E-state index < -0.39 is 5.82 Å². The van der Waals surface area contributed by atoms with Crippen LogP contribution in [0.3, 0.4) is 0 Å². The zero-order valence-corrected chi connectivity index (χ0v) is 11.9. The normalized spacial score (nSPS) is 12.2. The number of hydrogen-bond acceptors (Lipinski definition) is 1. The molecule has 0 saturated carbocycles. The van der Waals surface area contributed by atoms with Crippen molar-refractivity contribution in [3.05, 3.63) is 34.1 Å². The molecule has 2 nitrogen and oxygen atoms in total. The quantitative estimate of drug-likeness (QED) is 0.825. The van der Waals surface area contributed by atoms with E-state index in [-0.39, 0.29) is 11.5 Å². The summed E-state index contributed by atoms with van der Waals surface area (Å²) in [5, 5.41) is 2.67. The number of halogens is 3. The van der Waals surface area contributed by atoms with Crippen LogP contribution in [-0.2, 0) is 0 Å². The summed E-state index contributed by atoms with van der Waals surface area (Å²) in [5.74, 6) is -0.904. The first-order valence-electron chi connectivity index (χ1n) is 4.88. The van der Waals surface area contributed by atoms with Crippen LogP contribution in [-0.4, -0.2) is 17.3 Å². The summed E-state index contributed by atoms with van der Waals surface area (Å²) in [5.41, 5.74) is 0.0663. The largest absolute Gasteiger partial charge is 0.352 e. The van der Waals surface area contributed by atoms with E-state index in [1.165, 1.54) is 6.07 Å². The van der Waals surface area contributed by atoms with E-state index in [1.807, 2.05) is 6.92 Å². The van der Waals surface area contributed by atoms with Crippen LogP contribution in [0.25, 0.3) is 0 Å². The van der Waals surface area contributed by atoms with E-state index in [4.69, 9.17) is 0 Å². The van der Waals surface area contributed by atoms with Crippen LogP contribution in [0, 0.1) is 5.82 Å². The van der Waals surface area contributed by atoms with Crippen LogP contribution in [0.2, 0.25) is 0 Å². The highest BCUT2D eigenvalue weighted by Gasteiger charge is 2.13. The fraction of sp³-hybridized carbons (Fsp3) is 0.364. The third-order valence-corrected chi connectivity index (χ3v) is 3.09. The van der Waals surface area contributed by atoms with Gasteiger partial charge >= 0.3 is 0 Å². The van der Waals surface area contributed by atoms with Crippen molar-refractivity contribution in [2.24, 2.45) is 0 Å². The molecule has 1 atom stereocenters. The first-order valence-corrected chi connectivity index (χ1v) is 6.59. The summed E-state index contributed by atoms with van der Waals surface area (Å²) in [6.45, 7) is 2.52. The average molecular weight is 353 g/mol. The summed E-state index contributed by atoms with van der Waals surface area (Å²) in [6.07, 6.45) is 0.807. The Bertz CT molecular complexity index is 382. The molecule has 0 radical (unpaired) electrons. The van der Waals surface area contributed by atoms with E-state index in [0.29, 0.717) is 15.8 Å². The maximum Gasteiger partial charge on any atom is 0.254 e. The zero-order chi connectivity index (χ0) is 12.1. The van der Waals surface area contributed by atoms with Gasteiger partial charge in [0.25, 0.3) is 5.91 Å². The van der Waals surface area contributed by atoms with E-state index >= 15 is 0 Å². The van der Waals surface area contributed by atoms with Crippen molar-refractivity contribution in [3.8, 4) is 0 Å². The van der Waals surface area contributed by atoms with Crippen LogP contribution in [0.1, 0.15) is 23.7 Å². The van der Waals surface area contributed by atoms with Crippen molar-refractivity contribution in [3.63, 3.8) is 0 Å². The second-order valence-electron chi connectivity index (χ2n) is 3.43. The first-order chi connectivity index (χ1) is 7.52. The third kappa shape index (κ3) is 3.87. The molecule has 1 aromatic rings. The predicted molar refractivity (Wildman–Crippen MR) is 69.4 cm³/mol. The molecule has 0 aliphatic heterocycles. The summed E-state index contributed by atoms with van der Waals surface area (Å²) < 4.78 is 13.8. The number of hydrogen-bond donors (Lipinski definition) is 1. The number of nitrogens with one attached hydrogen (secondary N) is 1. The van der Waals surface area contributed by atoms with Crippen molar-refractivity contribution in [1.29, 1.82) is 0 Å². The fourth-order valence-electron chi connectivity index (χ4n) is 1.16. The van der Waals surface area contributed by atoms with Gasteiger partial charge in [-0.3, -0.25) is 4.79 Å². The number of rotatable bonds is 4. The summed E-state index contributed by atoms with van der Waals surface area (Å²) >= 11 is 6.42. The summed E-state index contributed by atoms with van der Waals surface area (Å²) in [4.78, 5) is 11.9. The molecule has 0 fully saturated rings. The minimum atomic E-state index is -0.521. The van der Waals surface area contributed by atoms with E-state index in [0.717, 1.165) is 6.42 Å². The van der Waals surface area contributed by atoms with Crippen molar-refractivity contribution >= 4 is 37.8 Å². The lowest BCUT2D eigenvalue weighted by atomic mass is 10.2. The second-order valence-corrected chi connectivity index (χ2v) is 5.84. The molecule has 0 spiro atoms. The Labute approximate surface area is 111 Å². The molecule has 88 valence electrons. The molecule has 16 heavy (non-hydrogen) atoms. The molecule has 0 saturated heterocycles. The summed E-state index contributed by atoms with van der Waals surface area (Å²) in [6, 6.07) is 4.66.